The Hall–Kier alpha value is -1.40. The molecular formula is C16H20ClN5S. The molecule has 0 aromatic carbocycles. The zero-order valence-electron chi connectivity index (χ0n) is 13.1. The molecule has 0 atom stereocenters. The largest absolute Gasteiger partial charge is 0.359 e. The minimum absolute atomic E-state index is 0.483. The molecule has 1 aliphatic carbocycles. The van der Waals surface area contributed by atoms with Crippen molar-refractivity contribution in [3.8, 4) is 0 Å². The first kappa shape index (κ1) is 15.1. The maximum absolute atomic E-state index is 6.18. The Morgan fingerprint density at radius 3 is 2.61 bits per heavy atom. The van der Waals surface area contributed by atoms with Crippen LogP contribution in [0, 0.1) is 6.92 Å². The van der Waals surface area contributed by atoms with E-state index in [1.807, 2.05) is 13.0 Å². The van der Waals surface area contributed by atoms with E-state index in [0.717, 1.165) is 48.4 Å². The monoisotopic (exact) mass is 349 g/mol. The highest BCUT2D eigenvalue weighted by molar-refractivity contribution is 7.13. The number of hydrogen-bond acceptors (Lipinski definition) is 6. The summed E-state index contributed by atoms with van der Waals surface area (Å²) >= 11 is 7.86. The van der Waals surface area contributed by atoms with Crippen molar-refractivity contribution in [3.63, 3.8) is 0 Å². The van der Waals surface area contributed by atoms with Crippen molar-refractivity contribution in [2.24, 2.45) is 0 Å². The van der Waals surface area contributed by atoms with Crippen molar-refractivity contribution < 1.29 is 0 Å². The van der Waals surface area contributed by atoms with Crippen molar-refractivity contribution in [1.29, 1.82) is 0 Å². The van der Waals surface area contributed by atoms with Crippen molar-refractivity contribution in [2.45, 2.75) is 44.6 Å². The van der Waals surface area contributed by atoms with Crippen LogP contribution in [0.15, 0.2) is 11.4 Å². The quantitative estimate of drug-likeness (QED) is 0.849. The molecule has 1 saturated heterocycles. The van der Waals surface area contributed by atoms with Crippen LogP contribution in [-0.2, 0) is 0 Å². The molecule has 7 heteroatoms. The van der Waals surface area contributed by atoms with Gasteiger partial charge in [-0.05, 0) is 32.6 Å². The molecule has 0 spiro atoms. The maximum atomic E-state index is 6.18. The second-order valence-electron chi connectivity index (χ2n) is 6.38. The van der Waals surface area contributed by atoms with E-state index in [0.29, 0.717) is 17.1 Å². The fraction of sp³-hybridized carbons (Fsp3) is 0.562. The molecule has 23 heavy (non-hydrogen) atoms. The van der Waals surface area contributed by atoms with Gasteiger partial charge in [0.05, 0.1) is 5.69 Å². The molecule has 2 fully saturated rings. The Balaban J connectivity index is 1.39. The number of anilines is 2. The lowest BCUT2D eigenvalue weighted by Gasteiger charge is -2.33. The Morgan fingerprint density at radius 1 is 1.17 bits per heavy atom. The van der Waals surface area contributed by atoms with Crippen molar-refractivity contribution >= 4 is 33.9 Å². The molecule has 0 unspecified atom stereocenters. The van der Waals surface area contributed by atoms with Gasteiger partial charge in [0.2, 0.25) is 0 Å². The number of thiazole rings is 1. The number of nitrogens with one attached hydrogen (secondary N) is 1. The molecule has 1 saturated carbocycles. The second kappa shape index (κ2) is 6.24. The Bertz CT molecular complexity index is 692. The van der Waals surface area contributed by atoms with Gasteiger partial charge in [-0.25, -0.2) is 15.0 Å². The number of rotatable bonds is 4. The Morgan fingerprint density at radius 2 is 1.96 bits per heavy atom. The highest BCUT2D eigenvalue weighted by atomic mass is 35.5. The third-order valence-electron chi connectivity index (χ3n) is 4.41. The lowest BCUT2D eigenvalue weighted by Crippen LogP contribution is -2.39. The van der Waals surface area contributed by atoms with Gasteiger partial charge in [-0.1, -0.05) is 11.6 Å². The van der Waals surface area contributed by atoms with E-state index < -0.39 is 0 Å². The van der Waals surface area contributed by atoms with Crippen molar-refractivity contribution in [2.75, 3.05) is 23.3 Å². The molecular weight excluding hydrogens is 330 g/mol. The molecule has 0 radical (unpaired) electrons. The summed E-state index contributed by atoms with van der Waals surface area (Å²) in [6.07, 6.45) is 4.55. The zero-order chi connectivity index (χ0) is 15.8. The Kier molecular flexibility index (Phi) is 4.11. The topological polar surface area (TPSA) is 53.9 Å². The maximum Gasteiger partial charge on any atom is 0.183 e. The molecule has 3 heterocycles. The number of aromatic nitrogens is 3. The minimum Gasteiger partial charge on any atom is -0.359 e. The highest BCUT2D eigenvalue weighted by Gasteiger charge is 2.28. The van der Waals surface area contributed by atoms with E-state index in [9.17, 15) is 0 Å². The van der Waals surface area contributed by atoms with Crippen LogP contribution in [0.4, 0.5) is 10.9 Å². The van der Waals surface area contributed by atoms with E-state index >= 15 is 0 Å². The predicted octanol–water partition coefficient (Wildman–Crippen LogP) is 3.85. The van der Waals surface area contributed by atoms with Crippen LogP contribution < -0.4 is 10.2 Å². The van der Waals surface area contributed by atoms with E-state index in [2.05, 4.69) is 25.6 Å². The average Bonchev–Trinajstić information content (AvgIpc) is 3.31. The lowest BCUT2D eigenvalue weighted by molar-refractivity contribution is 0.522. The van der Waals surface area contributed by atoms with Gasteiger partial charge in [0.25, 0.3) is 0 Å². The number of aryl methyl sites for hydroxylation is 1. The van der Waals surface area contributed by atoms with Crippen LogP contribution >= 0.6 is 22.9 Å². The molecule has 122 valence electrons. The summed E-state index contributed by atoms with van der Waals surface area (Å²) in [4.78, 5) is 15.9. The summed E-state index contributed by atoms with van der Waals surface area (Å²) in [6, 6.07) is 2.38. The minimum atomic E-state index is 0.483. The van der Waals surface area contributed by atoms with Crippen LogP contribution in [-0.4, -0.2) is 34.1 Å². The van der Waals surface area contributed by atoms with Gasteiger partial charge in [0.1, 0.15) is 16.8 Å². The van der Waals surface area contributed by atoms with Crippen LogP contribution in [0.5, 0.6) is 0 Å². The van der Waals surface area contributed by atoms with E-state index in [4.69, 9.17) is 16.6 Å². The van der Waals surface area contributed by atoms with Gasteiger partial charge in [-0.2, -0.15) is 0 Å². The van der Waals surface area contributed by atoms with E-state index in [1.54, 1.807) is 11.3 Å². The number of hydrogen-bond donors (Lipinski definition) is 1. The second-order valence-corrected chi connectivity index (χ2v) is 7.63. The Labute approximate surface area is 145 Å². The SMILES string of the molecule is Cc1csc(NC2CCN(c3cc(Cl)nc(C4CC4)n3)CC2)n1. The first-order valence-electron chi connectivity index (χ1n) is 8.15. The van der Waals surface area contributed by atoms with Crippen molar-refractivity contribution in [1.82, 2.24) is 15.0 Å². The molecule has 4 rings (SSSR count). The average molecular weight is 350 g/mol. The van der Waals surface area contributed by atoms with Crippen molar-refractivity contribution in [3.05, 3.63) is 28.1 Å². The summed E-state index contributed by atoms with van der Waals surface area (Å²) < 4.78 is 0. The van der Waals surface area contributed by atoms with Crippen LogP contribution in [0.1, 0.15) is 43.1 Å². The van der Waals surface area contributed by atoms with Gasteiger partial charge >= 0.3 is 0 Å². The molecule has 2 aromatic heterocycles. The fourth-order valence-corrected chi connectivity index (χ4v) is 3.91. The molecule has 1 N–H and O–H groups in total. The predicted molar refractivity (Wildman–Crippen MR) is 94.7 cm³/mol. The first-order chi connectivity index (χ1) is 11.2. The smallest absolute Gasteiger partial charge is 0.183 e. The van der Waals surface area contributed by atoms with Gasteiger partial charge in [-0.15, -0.1) is 11.3 Å². The third kappa shape index (κ3) is 3.58. The number of halogens is 1. The normalized spacial score (nSPS) is 19.1. The molecule has 2 aliphatic rings. The molecule has 5 nitrogen and oxygen atoms in total. The number of nitrogens with zero attached hydrogens (tertiary/aromatic N) is 4. The van der Waals surface area contributed by atoms with Gasteiger partial charge in [0, 0.05) is 36.5 Å². The van der Waals surface area contributed by atoms with Gasteiger partial charge in [-0.3, -0.25) is 0 Å². The zero-order valence-corrected chi connectivity index (χ0v) is 14.7. The van der Waals surface area contributed by atoms with Crippen LogP contribution in [0.25, 0.3) is 0 Å². The highest BCUT2D eigenvalue weighted by Crippen LogP contribution is 2.39. The van der Waals surface area contributed by atoms with E-state index in [-0.39, 0.29) is 0 Å². The summed E-state index contributed by atoms with van der Waals surface area (Å²) in [6.45, 7) is 4.00. The fourth-order valence-electron chi connectivity index (χ4n) is 2.96. The van der Waals surface area contributed by atoms with Crippen LogP contribution in [0.3, 0.4) is 0 Å². The molecule has 0 bridgehead atoms. The van der Waals surface area contributed by atoms with E-state index in [1.165, 1.54) is 12.8 Å². The van der Waals surface area contributed by atoms with Gasteiger partial charge in [0.15, 0.2) is 5.13 Å². The standard InChI is InChI=1S/C16H20ClN5S/c1-10-9-23-16(18-10)19-12-4-6-22(7-5-12)14-8-13(17)20-15(21-14)11-2-3-11/h8-9,11-12H,2-7H2,1H3,(H,18,19). The lowest BCUT2D eigenvalue weighted by atomic mass is 10.1. The molecule has 1 aliphatic heterocycles. The third-order valence-corrected chi connectivity index (χ3v) is 5.49. The summed E-state index contributed by atoms with van der Waals surface area (Å²) in [5.74, 6) is 2.43. The first-order valence-corrected chi connectivity index (χ1v) is 9.41. The summed E-state index contributed by atoms with van der Waals surface area (Å²) in [5, 5.41) is 7.22. The summed E-state index contributed by atoms with van der Waals surface area (Å²) in [5.41, 5.74) is 1.08. The van der Waals surface area contributed by atoms with Gasteiger partial charge < -0.3 is 10.2 Å². The van der Waals surface area contributed by atoms with Crippen LogP contribution in [0.2, 0.25) is 5.15 Å². The summed E-state index contributed by atoms with van der Waals surface area (Å²) in [7, 11) is 0. The molecule has 0 amide bonds. The number of piperidine rings is 1. The molecule has 2 aromatic rings.